The van der Waals surface area contributed by atoms with Gasteiger partial charge in [0.15, 0.2) is 24.5 Å². The van der Waals surface area contributed by atoms with Crippen molar-refractivity contribution in [3.63, 3.8) is 0 Å². The van der Waals surface area contributed by atoms with Gasteiger partial charge in [-0.1, -0.05) is 13.0 Å². The van der Waals surface area contributed by atoms with E-state index in [9.17, 15) is 14.0 Å². The molecule has 1 aromatic rings. The van der Waals surface area contributed by atoms with Crippen molar-refractivity contribution in [2.45, 2.75) is 26.3 Å². The van der Waals surface area contributed by atoms with E-state index in [1.807, 2.05) is 13.8 Å². The molecule has 0 aliphatic carbocycles. The standard InChI is InChI=1S/C13H16FNO3/c1-3-9(2)15-12(17)8-18-13-10(7-16)5-4-6-11(13)14/h4-7,9H,3,8H2,1-2H3,(H,15,17). The van der Waals surface area contributed by atoms with Gasteiger partial charge in [-0.3, -0.25) is 9.59 Å². The first-order chi connectivity index (χ1) is 8.58. The largest absolute Gasteiger partial charge is 0.480 e. The summed E-state index contributed by atoms with van der Waals surface area (Å²) in [6.07, 6.45) is 1.29. The van der Waals surface area contributed by atoms with Gasteiger partial charge < -0.3 is 10.1 Å². The second-order valence-corrected chi connectivity index (χ2v) is 3.94. The van der Waals surface area contributed by atoms with Crippen molar-refractivity contribution in [1.29, 1.82) is 0 Å². The van der Waals surface area contributed by atoms with E-state index in [-0.39, 0.29) is 29.9 Å². The fourth-order valence-electron chi connectivity index (χ4n) is 1.33. The monoisotopic (exact) mass is 253 g/mol. The highest BCUT2D eigenvalue weighted by Gasteiger charge is 2.12. The molecular formula is C13H16FNO3. The van der Waals surface area contributed by atoms with Crippen LogP contribution in [0, 0.1) is 5.82 Å². The Labute approximate surface area is 105 Å². The van der Waals surface area contributed by atoms with Gasteiger partial charge in [0.1, 0.15) is 0 Å². The summed E-state index contributed by atoms with van der Waals surface area (Å²) in [5, 5.41) is 2.68. The number of hydrogen-bond donors (Lipinski definition) is 1. The maximum atomic E-state index is 13.4. The number of ether oxygens (including phenoxy) is 1. The van der Waals surface area contributed by atoms with Gasteiger partial charge in [0.2, 0.25) is 0 Å². The first-order valence-electron chi connectivity index (χ1n) is 5.74. The van der Waals surface area contributed by atoms with E-state index in [0.29, 0.717) is 6.29 Å². The number of amides is 1. The fraction of sp³-hybridized carbons (Fsp3) is 0.385. The van der Waals surface area contributed by atoms with Gasteiger partial charge in [-0.15, -0.1) is 0 Å². The molecule has 1 aromatic carbocycles. The molecule has 0 heterocycles. The third kappa shape index (κ3) is 3.84. The van der Waals surface area contributed by atoms with Crippen LogP contribution in [0.2, 0.25) is 0 Å². The smallest absolute Gasteiger partial charge is 0.258 e. The average molecular weight is 253 g/mol. The molecule has 1 atom stereocenters. The second kappa shape index (κ2) is 6.74. The third-order valence-electron chi connectivity index (χ3n) is 2.49. The van der Waals surface area contributed by atoms with E-state index >= 15 is 0 Å². The van der Waals surface area contributed by atoms with Gasteiger partial charge in [-0.05, 0) is 25.5 Å². The van der Waals surface area contributed by atoms with Gasteiger partial charge in [-0.25, -0.2) is 4.39 Å². The number of carbonyl (C=O) groups is 2. The zero-order valence-corrected chi connectivity index (χ0v) is 10.4. The molecule has 0 fully saturated rings. The van der Waals surface area contributed by atoms with E-state index in [0.717, 1.165) is 6.42 Å². The van der Waals surface area contributed by atoms with Crippen LogP contribution in [0.3, 0.4) is 0 Å². The van der Waals surface area contributed by atoms with Crippen LogP contribution in [-0.2, 0) is 4.79 Å². The molecular weight excluding hydrogens is 237 g/mol. The van der Waals surface area contributed by atoms with Crippen LogP contribution >= 0.6 is 0 Å². The summed E-state index contributed by atoms with van der Waals surface area (Å²) >= 11 is 0. The molecule has 18 heavy (non-hydrogen) atoms. The maximum absolute atomic E-state index is 13.4. The Balaban J connectivity index is 2.63. The zero-order valence-electron chi connectivity index (χ0n) is 10.4. The Bertz CT molecular complexity index is 434. The van der Waals surface area contributed by atoms with Gasteiger partial charge in [0.25, 0.3) is 5.91 Å². The Kier molecular flexibility index (Phi) is 5.30. The molecule has 0 bridgehead atoms. The highest BCUT2D eigenvalue weighted by atomic mass is 19.1. The van der Waals surface area contributed by atoms with Crippen LogP contribution in [-0.4, -0.2) is 24.8 Å². The average Bonchev–Trinajstić information content (AvgIpc) is 2.36. The molecule has 0 saturated carbocycles. The molecule has 0 saturated heterocycles. The summed E-state index contributed by atoms with van der Waals surface area (Å²) in [4.78, 5) is 22.2. The van der Waals surface area contributed by atoms with Crippen LogP contribution < -0.4 is 10.1 Å². The number of hydrogen-bond acceptors (Lipinski definition) is 3. The molecule has 1 N–H and O–H groups in total. The lowest BCUT2D eigenvalue weighted by Gasteiger charge is -2.13. The van der Waals surface area contributed by atoms with Crippen LogP contribution in [0.15, 0.2) is 18.2 Å². The molecule has 0 aliphatic rings. The van der Waals surface area contributed by atoms with E-state index in [1.165, 1.54) is 18.2 Å². The highest BCUT2D eigenvalue weighted by molar-refractivity contribution is 5.81. The number of para-hydroxylation sites is 1. The minimum Gasteiger partial charge on any atom is -0.480 e. The number of rotatable bonds is 6. The number of carbonyl (C=O) groups excluding carboxylic acids is 2. The van der Waals surface area contributed by atoms with Crippen molar-refractivity contribution in [2.24, 2.45) is 0 Å². The van der Waals surface area contributed by atoms with E-state index in [2.05, 4.69) is 5.32 Å². The summed E-state index contributed by atoms with van der Waals surface area (Å²) in [6, 6.07) is 4.05. The highest BCUT2D eigenvalue weighted by Crippen LogP contribution is 2.20. The van der Waals surface area contributed by atoms with Gasteiger partial charge in [0, 0.05) is 6.04 Å². The Hall–Kier alpha value is -1.91. The third-order valence-corrected chi connectivity index (χ3v) is 2.49. The first kappa shape index (κ1) is 14.2. The van der Waals surface area contributed by atoms with Crippen molar-refractivity contribution in [1.82, 2.24) is 5.32 Å². The molecule has 0 aliphatic heterocycles. The summed E-state index contributed by atoms with van der Waals surface area (Å²) in [6.45, 7) is 3.48. The predicted octanol–water partition coefficient (Wildman–Crippen LogP) is 1.93. The molecule has 0 radical (unpaired) electrons. The van der Waals surface area contributed by atoms with Gasteiger partial charge in [0.05, 0.1) is 5.56 Å². The molecule has 1 unspecified atom stereocenters. The van der Waals surface area contributed by atoms with Crippen LogP contribution in [0.5, 0.6) is 5.75 Å². The maximum Gasteiger partial charge on any atom is 0.258 e. The van der Waals surface area contributed by atoms with Crippen molar-refractivity contribution in [3.05, 3.63) is 29.6 Å². The van der Waals surface area contributed by atoms with Gasteiger partial charge in [-0.2, -0.15) is 0 Å². The molecule has 1 amide bonds. The summed E-state index contributed by atoms with van der Waals surface area (Å²) in [7, 11) is 0. The van der Waals surface area contributed by atoms with Crippen LogP contribution in [0.1, 0.15) is 30.6 Å². The Morgan fingerprint density at radius 3 is 2.89 bits per heavy atom. The minimum atomic E-state index is -0.657. The van der Waals surface area contributed by atoms with Crippen molar-refractivity contribution >= 4 is 12.2 Å². The Morgan fingerprint density at radius 2 is 2.28 bits per heavy atom. The summed E-state index contributed by atoms with van der Waals surface area (Å²) in [5.41, 5.74) is 0.0892. The van der Waals surface area contributed by atoms with Crippen LogP contribution in [0.4, 0.5) is 4.39 Å². The zero-order chi connectivity index (χ0) is 13.5. The quantitative estimate of drug-likeness (QED) is 0.788. The molecule has 0 aromatic heterocycles. The number of nitrogens with one attached hydrogen (secondary N) is 1. The molecule has 1 rings (SSSR count). The van der Waals surface area contributed by atoms with Crippen LogP contribution in [0.25, 0.3) is 0 Å². The lowest BCUT2D eigenvalue weighted by molar-refractivity contribution is -0.123. The van der Waals surface area contributed by atoms with E-state index in [4.69, 9.17) is 4.74 Å². The van der Waals surface area contributed by atoms with Crippen molar-refractivity contribution in [3.8, 4) is 5.75 Å². The first-order valence-corrected chi connectivity index (χ1v) is 5.74. The second-order valence-electron chi connectivity index (χ2n) is 3.94. The summed E-state index contributed by atoms with van der Waals surface area (Å²) in [5.74, 6) is -1.19. The number of benzene rings is 1. The lowest BCUT2D eigenvalue weighted by Crippen LogP contribution is -2.35. The van der Waals surface area contributed by atoms with Crippen molar-refractivity contribution < 1.29 is 18.7 Å². The molecule has 5 heteroatoms. The lowest BCUT2D eigenvalue weighted by atomic mass is 10.2. The Morgan fingerprint density at radius 1 is 1.56 bits per heavy atom. The SMILES string of the molecule is CCC(C)NC(=O)COc1c(F)cccc1C=O. The topological polar surface area (TPSA) is 55.4 Å². The molecule has 4 nitrogen and oxygen atoms in total. The van der Waals surface area contributed by atoms with Crippen molar-refractivity contribution in [2.75, 3.05) is 6.61 Å². The summed E-state index contributed by atoms with van der Waals surface area (Å²) < 4.78 is 18.4. The number of halogens is 1. The number of aldehydes is 1. The molecule has 98 valence electrons. The van der Waals surface area contributed by atoms with Gasteiger partial charge >= 0.3 is 0 Å². The minimum absolute atomic E-state index is 0.0345. The van der Waals surface area contributed by atoms with E-state index in [1.54, 1.807) is 0 Å². The fourth-order valence-corrected chi connectivity index (χ4v) is 1.33. The van der Waals surface area contributed by atoms with E-state index < -0.39 is 5.82 Å². The molecule has 0 spiro atoms. The normalized spacial score (nSPS) is 11.7. The predicted molar refractivity (Wildman–Crippen MR) is 65.2 cm³/mol.